The summed E-state index contributed by atoms with van der Waals surface area (Å²) in [7, 11) is 0. The van der Waals surface area contributed by atoms with Crippen molar-refractivity contribution in [3.8, 4) is 28.3 Å². The molecule has 4 aromatic rings. The maximum absolute atomic E-state index is 12.4. The number of aromatic amines is 1. The monoisotopic (exact) mass is 429 g/mol. The predicted molar refractivity (Wildman–Crippen MR) is 121 cm³/mol. The number of hydrogen-bond donors (Lipinski definition) is 3. The van der Waals surface area contributed by atoms with Gasteiger partial charge in [-0.1, -0.05) is 12.1 Å². The van der Waals surface area contributed by atoms with Crippen molar-refractivity contribution in [3.05, 3.63) is 88.9 Å². The zero-order valence-corrected chi connectivity index (χ0v) is 17.6. The molecule has 0 fully saturated rings. The molecule has 1 amide bonds. The van der Waals surface area contributed by atoms with Crippen LogP contribution in [0.15, 0.2) is 72.0 Å². The van der Waals surface area contributed by atoms with E-state index in [9.17, 15) is 14.7 Å². The molecule has 2 aromatic carbocycles. The van der Waals surface area contributed by atoms with Crippen molar-refractivity contribution in [1.82, 2.24) is 24.8 Å². The van der Waals surface area contributed by atoms with E-state index in [2.05, 4.69) is 20.3 Å². The highest BCUT2D eigenvalue weighted by atomic mass is 16.3. The lowest BCUT2D eigenvalue weighted by molar-refractivity contribution is 0.0952. The van der Waals surface area contributed by atoms with E-state index in [-0.39, 0.29) is 11.7 Å². The van der Waals surface area contributed by atoms with Crippen LogP contribution in [0.5, 0.6) is 5.75 Å². The van der Waals surface area contributed by atoms with Gasteiger partial charge in [-0.25, -0.2) is 9.78 Å². The molecule has 32 heavy (non-hydrogen) atoms. The lowest BCUT2D eigenvalue weighted by atomic mass is 10.0. The zero-order valence-electron chi connectivity index (χ0n) is 17.6. The summed E-state index contributed by atoms with van der Waals surface area (Å²) in [5, 5.41) is 12.6. The Kier molecular flexibility index (Phi) is 6.12. The molecule has 8 nitrogen and oxygen atoms in total. The summed E-state index contributed by atoms with van der Waals surface area (Å²) in [6, 6.07) is 13.9. The molecule has 0 aliphatic rings. The summed E-state index contributed by atoms with van der Waals surface area (Å²) < 4.78 is 1.96. The zero-order chi connectivity index (χ0) is 22.5. The van der Waals surface area contributed by atoms with Gasteiger partial charge in [0.15, 0.2) is 0 Å². The van der Waals surface area contributed by atoms with Crippen molar-refractivity contribution >= 4 is 5.91 Å². The van der Waals surface area contributed by atoms with Crippen molar-refractivity contribution in [3.63, 3.8) is 0 Å². The highest BCUT2D eigenvalue weighted by Crippen LogP contribution is 2.26. The van der Waals surface area contributed by atoms with E-state index in [1.165, 1.54) is 0 Å². The van der Waals surface area contributed by atoms with Crippen LogP contribution in [0.3, 0.4) is 0 Å². The SMILES string of the molecule is Cc1cc(-c2cc(-c3ccc(C(=O)NCCCn4ccnc4)cc3)[nH]c(=O)n2)ccc1O. The Bertz CT molecular complexity index is 1280. The first-order chi connectivity index (χ1) is 15.5. The van der Waals surface area contributed by atoms with E-state index in [1.54, 1.807) is 68.0 Å². The van der Waals surface area contributed by atoms with Gasteiger partial charge in [0.05, 0.1) is 17.7 Å². The molecule has 0 saturated heterocycles. The Labute approximate surface area is 184 Å². The summed E-state index contributed by atoms with van der Waals surface area (Å²) in [6.45, 7) is 3.14. The molecule has 0 unspecified atom stereocenters. The second-order valence-corrected chi connectivity index (χ2v) is 7.47. The fraction of sp³-hybridized carbons (Fsp3) is 0.167. The Hall–Kier alpha value is -4.20. The first kappa shape index (κ1) is 21.0. The molecule has 0 aliphatic carbocycles. The van der Waals surface area contributed by atoms with Gasteiger partial charge in [-0.2, -0.15) is 4.98 Å². The highest BCUT2D eigenvalue weighted by molar-refractivity contribution is 5.94. The number of H-pyrrole nitrogens is 1. The lowest BCUT2D eigenvalue weighted by Gasteiger charge is -2.08. The minimum atomic E-state index is -0.470. The van der Waals surface area contributed by atoms with Gasteiger partial charge in [-0.3, -0.25) is 4.79 Å². The number of nitrogens with zero attached hydrogens (tertiary/aromatic N) is 3. The van der Waals surface area contributed by atoms with E-state index < -0.39 is 5.69 Å². The molecular formula is C24H23N5O3. The second-order valence-electron chi connectivity index (χ2n) is 7.47. The first-order valence-corrected chi connectivity index (χ1v) is 10.3. The van der Waals surface area contributed by atoms with Crippen LogP contribution in [-0.4, -0.2) is 37.1 Å². The number of hydrogen-bond acceptors (Lipinski definition) is 5. The van der Waals surface area contributed by atoms with Crippen LogP contribution in [-0.2, 0) is 6.54 Å². The fourth-order valence-corrected chi connectivity index (χ4v) is 3.36. The quantitative estimate of drug-likeness (QED) is 0.391. The molecule has 3 N–H and O–H groups in total. The maximum Gasteiger partial charge on any atom is 0.345 e. The van der Waals surface area contributed by atoms with Crippen molar-refractivity contribution < 1.29 is 9.90 Å². The predicted octanol–water partition coefficient (Wildman–Crippen LogP) is 3.13. The molecule has 2 heterocycles. The Morgan fingerprint density at radius 2 is 1.91 bits per heavy atom. The second kappa shape index (κ2) is 9.30. The van der Waals surface area contributed by atoms with Crippen LogP contribution in [0.1, 0.15) is 22.3 Å². The van der Waals surface area contributed by atoms with Crippen molar-refractivity contribution in [2.45, 2.75) is 19.9 Å². The fourth-order valence-electron chi connectivity index (χ4n) is 3.36. The average Bonchev–Trinajstić information content (AvgIpc) is 3.32. The van der Waals surface area contributed by atoms with Gasteiger partial charge in [-0.15, -0.1) is 0 Å². The maximum atomic E-state index is 12.4. The first-order valence-electron chi connectivity index (χ1n) is 10.3. The molecule has 0 saturated carbocycles. The van der Waals surface area contributed by atoms with Crippen LogP contribution in [0.25, 0.3) is 22.5 Å². The molecule has 2 aromatic heterocycles. The number of phenolic OH excluding ortho intramolecular Hbond substituents is 1. The number of amides is 1. The number of imidazole rings is 1. The number of rotatable bonds is 7. The smallest absolute Gasteiger partial charge is 0.345 e. The van der Waals surface area contributed by atoms with Crippen molar-refractivity contribution in [2.75, 3.05) is 6.54 Å². The van der Waals surface area contributed by atoms with Crippen LogP contribution in [0, 0.1) is 6.92 Å². The third kappa shape index (κ3) is 4.92. The summed E-state index contributed by atoms with van der Waals surface area (Å²) >= 11 is 0. The van der Waals surface area contributed by atoms with E-state index in [0.717, 1.165) is 24.1 Å². The molecule has 8 heteroatoms. The normalized spacial score (nSPS) is 10.8. The van der Waals surface area contributed by atoms with E-state index in [4.69, 9.17) is 0 Å². The van der Waals surface area contributed by atoms with Crippen molar-refractivity contribution in [1.29, 1.82) is 0 Å². The van der Waals surface area contributed by atoms with E-state index in [0.29, 0.717) is 29.1 Å². The third-order valence-corrected chi connectivity index (χ3v) is 5.13. The van der Waals surface area contributed by atoms with Gasteiger partial charge < -0.3 is 20.0 Å². The molecule has 0 bridgehead atoms. The van der Waals surface area contributed by atoms with Gasteiger partial charge in [0.2, 0.25) is 0 Å². The molecule has 0 atom stereocenters. The Balaban J connectivity index is 1.45. The topological polar surface area (TPSA) is 113 Å². The molecule has 0 spiro atoms. The number of aromatic nitrogens is 4. The summed E-state index contributed by atoms with van der Waals surface area (Å²) in [4.78, 5) is 35.3. The van der Waals surface area contributed by atoms with Crippen LogP contribution in [0.2, 0.25) is 0 Å². The van der Waals surface area contributed by atoms with Gasteiger partial charge in [0.1, 0.15) is 5.75 Å². The van der Waals surface area contributed by atoms with E-state index >= 15 is 0 Å². The van der Waals surface area contributed by atoms with E-state index in [1.807, 2.05) is 10.8 Å². The van der Waals surface area contributed by atoms with Gasteiger partial charge >= 0.3 is 5.69 Å². The van der Waals surface area contributed by atoms with Crippen LogP contribution < -0.4 is 11.0 Å². The minimum absolute atomic E-state index is 0.148. The molecule has 4 rings (SSSR count). The Morgan fingerprint density at radius 1 is 1.12 bits per heavy atom. The molecule has 162 valence electrons. The lowest BCUT2D eigenvalue weighted by Crippen LogP contribution is -2.25. The highest BCUT2D eigenvalue weighted by Gasteiger charge is 2.09. The minimum Gasteiger partial charge on any atom is -0.508 e. The Morgan fingerprint density at radius 3 is 2.62 bits per heavy atom. The summed E-state index contributed by atoms with van der Waals surface area (Å²) in [5.41, 5.74) is 3.37. The number of phenols is 1. The number of nitrogens with one attached hydrogen (secondary N) is 2. The average molecular weight is 429 g/mol. The van der Waals surface area contributed by atoms with Crippen molar-refractivity contribution in [2.24, 2.45) is 0 Å². The molecular weight excluding hydrogens is 406 g/mol. The number of aromatic hydroxyl groups is 1. The number of carbonyl (C=O) groups excluding carboxylic acids is 1. The van der Waals surface area contributed by atoms with Gasteiger partial charge in [0, 0.05) is 36.6 Å². The largest absolute Gasteiger partial charge is 0.508 e. The number of carbonyl (C=O) groups is 1. The molecule has 0 radical (unpaired) electrons. The van der Waals surface area contributed by atoms with Crippen LogP contribution in [0.4, 0.5) is 0 Å². The summed E-state index contributed by atoms with van der Waals surface area (Å²) in [5.74, 6) is 0.0417. The third-order valence-electron chi connectivity index (χ3n) is 5.13. The summed E-state index contributed by atoms with van der Waals surface area (Å²) in [6.07, 6.45) is 6.17. The van der Waals surface area contributed by atoms with Gasteiger partial charge in [-0.05, 0) is 60.9 Å². The number of aryl methyl sites for hydroxylation is 2. The van der Waals surface area contributed by atoms with Gasteiger partial charge in [0.25, 0.3) is 5.91 Å². The van der Waals surface area contributed by atoms with Crippen LogP contribution >= 0.6 is 0 Å². The standard InChI is InChI=1S/C24H23N5O3/c1-16-13-19(7-8-22(16)30)21-14-20(27-24(32)28-21)17-3-5-18(6-4-17)23(31)26-9-2-11-29-12-10-25-15-29/h3-8,10,12-15,30H,2,9,11H2,1H3,(H,26,31)(H,27,28,32). The number of benzene rings is 2. The molecule has 0 aliphatic heterocycles.